The van der Waals surface area contributed by atoms with Crippen molar-refractivity contribution in [2.75, 3.05) is 6.54 Å². The number of allylic oxidation sites excluding steroid dienone is 3. The lowest BCUT2D eigenvalue weighted by molar-refractivity contribution is -0.130. The fourth-order valence-electron chi connectivity index (χ4n) is 2.53. The Kier molecular flexibility index (Phi) is 1.97. The highest BCUT2D eigenvalue weighted by atomic mass is 16.2. The zero-order valence-electron chi connectivity index (χ0n) is 8.65. The van der Waals surface area contributed by atoms with Crippen molar-refractivity contribution < 1.29 is 4.79 Å². The Morgan fingerprint density at radius 1 is 1.47 bits per heavy atom. The summed E-state index contributed by atoms with van der Waals surface area (Å²) in [5.41, 5.74) is 2.06. The molecule has 0 bridgehead atoms. The van der Waals surface area contributed by atoms with Gasteiger partial charge in [-0.1, -0.05) is 6.08 Å². The van der Waals surface area contributed by atoms with Gasteiger partial charge in [-0.05, 0) is 31.8 Å². The minimum atomic E-state index is 0.0156. The highest BCUT2D eigenvalue weighted by molar-refractivity contribution is 6.11. The first-order chi connectivity index (χ1) is 7.36. The van der Waals surface area contributed by atoms with Gasteiger partial charge in [-0.15, -0.1) is 0 Å². The van der Waals surface area contributed by atoms with Crippen LogP contribution in [0.3, 0.4) is 0 Å². The van der Waals surface area contributed by atoms with Crippen molar-refractivity contribution in [2.45, 2.75) is 25.7 Å². The summed E-state index contributed by atoms with van der Waals surface area (Å²) in [7, 11) is 0. The van der Waals surface area contributed by atoms with E-state index in [9.17, 15) is 4.79 Å². The molecule has 0 aromatic carbocycles. The fourth-order valence-corrected chi connectivity index (χ4v) is 2.53. The molecule has 1 aliphatic carbocycles. The summed E-state index contributed by atoms with van der Waals surface area (Å²) in [6.07, 6.45) is 10.0. The Balaban J connectivity index is 2.02. The molecule has 2 aliphatic heterocycles. The number of nitrogens with zero attached hydrogens (tertiary/aromatic N) is 2. The number of carbonyl (C=O) groups excluding carboxylic acids is 1. The molecule has 3 aliphatic rings. The maximum atomic E-state index is 12.2. The van der Waals surface area contributed by atoms with Crippen molar-refractivity contribution in [3.05, 3.63) is 24.0 Å². The maximum absolute atomic E-state index is 12.2. The fraction of sp³-hybridized carbons (Fsp3) is 0.500. The predicted octanol–water partition coefficient (Wildman–Crippen LogP) is 1.87. The van der Waals surface area contributed by atoms with Gasteiger partial charge in [0.25, 0.3) is 0 Å². The smallest absolute Gasteiger partial charge is 0.235 e. The molecule has 3 heteroatoms. The maximum Gasteiger partial charge on any atom is 0.235 e. The van der Waals surface area contributed by atoms with Gasteiger partial charge in [0.05, 0.1) is 11.6 Å². The van der Waals surface area contributed by atoms with Crippen molar-refractivity contribution in [3.63, 3.8) is 0 Å². The molecule has 2 heterocycles. The van der Waals surface area contributed by atoms with E-state index in [1.54, 1.807) is 0 Å². The highest BCUT2D eigenvalue weighted by Gasteiger charge is 2.34. The molecule has 1 fully saturated rings. The van der Waals surface area contributed by atoms with Crippen LogP contribution < -0.4 is 0 Å². The molecule has 0 saturated carbocycles. The second kappa shape index (κ2) is 3.33. The minimum absolute atomic E-state index is 0.0156. The lowest BCUT2D eigenvalue weighted by atomic mass is 9.91. The summed E-state index contributed by atoms with van der Waals surface area (Å²) in [4.78, 5) is 18.6. The molecule has 0 N–H and O–H groups in total. The van der Waals surface area contributed by atoms with Crippen LogP contribution >= 0.6 is 0 Å². The molecule has 3 rings (SSSR count). The number of carbonyl (C=O) groups is 1. The van der Waals surface area contributed by atoms with E-state index >= 15 is 0 Å². The number of fused-ring (bicyclic) bond motifs is 2. The monoisotopic (exact) mass is 202 g/mol. The Morgan fingerprint density at radius 2 is 2.40 bits per heavy atom. The number of hydrogen-bond acceptors (Lipinski definition) is 2. The first-order valence-corrected chi connectivity index (χ1v) is 5.61. The Hall–Kier alpha value is -1.38. The van der Waals surface area contributed by atoms with Gasteiger partial charge < -0.3 is 4.90 Å². The quantitative estimate of drug-likeness (QED) is 0.590. The van der Waals surface area contributed by atoms with Gasteiger partial charge >= 0.3 is 0 Å². The molecule has 15 heavy (non-hydrogen) atoms. The predicted molar refractivity (Wildman–Crippen MR) is 58.3 cm³/mol. The number of amides is 1. The van der Waals surface area contributed by atoms with Gasteiger partial charge in [0, 0.05) is 18.4 Å². The van der Waals surface area contributed by atoms with Crippen molar-refractivity contribution in [2.24, 2.45) is 10.9 Å². The van der Waals surface area contributed by atoms with Crippen LogP contribution in [-0.4, -0.2) is 23.1 Å². The van der Waals surface area contributed by atoms with Crippen LogP contribution in [0.5, 0.6) is 0 Å². The molecular weight excluding hydrogens is 188 g/mol. The molecule has 78 valence electrons. The standard InChI is InChI=1S/C12H14N2O/c15-12-10-5-1-2-6-11(10)13-8-9-4-3-7-14(9)12/h2,6,8,10H,1,3-5,7H2. The van der Waals surface area contributed by atoms with Crippen LogP contribution in [0, 0.1) is 5.92 Å². The summed E-state index contributed by atoms with van der Waals surface area (Å²) in [6.45, 7) is 0.883. The summed E-state index contributed by atoms with van der Waals surface area (Å²) < 4.78 is 0. The summed E-state index contributed by atoms with van der Waals surface area (Å²) in [5.74, 6) is 0.279. The summed E-state index contributed by atoms with van der Waals surface area (Å²) >= 11 is 0. The first kappa shape index (κ1) is 8.89. The molecule has 1 saturated heterocycles. The van der Waals surface area contributed by atoms with Crippen molar-refractivity contribution in [1.29, 1.82) is 0 Å². The van der Waals surface area contributed by atoms with Crippen LogP contribution in [0.15, 0.2) is 29.0 Å². The van der Waals surface area contributed by atoms with E-state index in [4.69, 9.17) is 0 Å². The van der Waals surface area contributed by atoms with Crippen LogP contribution in [0.1, 0.15) is 25.7 Å². The lowest BCUT2D eigenvalue weighted by Gasteiger charge is -2.23. The van der Waals surface area contributed by atoms with Gasteiger partial charge in [0.2, 0.25) is 5.91 Å². The first-order valence-electron chi connectivity index (χ1n) is 5.61. The molecule has 1 atom stereocenters. The van der Waals surface area contributed by atoms with Crippen LogP contribution in [0.25, 0.3) is 0 Å². The van der Waals surface area contributed by atoms with Crippen LogP contribution in [0.2, 0.25) is 0 Å². The Labute approximate surface area is 89.2 Å². The third-order valence-corrected chi connectivity index (χ3v) is 3.36. The van der Waals surface area contributed by atoms with Crippen LogP contribution in [0.4, 0.5) is 0 Å². The summed E-state index contributed by atoms with van der Waals surface area (Å²) in [6, 6.07) is 0. The normalized spacial score (nSPS) is 29.2. The molecule has 1 unspecified atom stereocenters. The summed E-state index contributed by atoms with van der Waals surface area (Å²) in [5, 5.41) is 0. The van der Waals surface area contributed by atoms with Gasteiger partial charge in [-0.25, -0.2) is 0 Å². The zero-order valence-corrected chi connectivity index (χ0v) is 8.65. The number of hydrogen-bond donors (Lipinski definition) is 0. The van der Waals surface area contributed by atoms with E-state index in [1.165, 1.54) is 0 Å². The molecular formula is C12H14N2O. The largest absolute Gasteiger partial charge is 0.314 e. The average molecular weight is 202 g/mol. The Morgan fingerprint density at radius 3 is 3.33 bits per heavy atom. The SMILES string of the molecule is O=C1C2CCC=CC2=NC=C2CCCN12. The molecule has 0 aromatic rings. The van der Waals surface area contributed by atoms with E-state index in [1.807, 2.05) is 17.2 Å². The second-order valence-electron chi connectivity index (χ2n) is 4.30. The van der Waals surface area contributed by atoms with E-state index in [2.05, 4.69) is 11.1 Å². The third kappa shape index (κ3) is 1.34. The van der Waals surface area contributed by atoms with Gasteiger partial charge in [-0.2, -0.15) is 0 Å². The van der Waals surface area contributed by atoms with E-state index in [0.29, 0.717) is 0 Å². The van der Waals surface area contributed by atoms with E-state index in [0.717, 1.165) is 43.6 Å². The topological polar surface area (TPSA) is 32.7 Å². The van der Waals surface area contributed by atoms with E-state index in [-0.39, 0.29) is 11.8 Å². The number of rotatable bonds is 0. The molecule has 0 radical (unpaired) electrons. The Bertz CT molecular complexity index is 392. The van der Waals surface area contributed by atoms with E-state index < -0.39 is 0 Å². The average Bonchev–Trinajstić information content (AvgIpc) is 2.69. The minimum Gasteiger partial charge on any atom is -0.314 e. The molecule has 0 spiro atoms. The van der Waals surface area contributed by atoms with Crippen molar-refractivity contribution in [1.82, 2.24) is 4.90 Å². The second-order valence-corrected chi connectivity index (χ2v) is 4.30. The molecule has 0 aromatic heterocycles. The van der Waals surface area contributed by atoms with Crippen molar-refractivity contribution >= 4 is 11.6 Å². The van der Waals surface area contributed by atoms with Crippen molar-refractivity contribution in [3.8, 4) is 0 Å². The molecule has 1 amide bonds. The highest BCUT2D eigenvalue weighted by Crippen LogP contribution is 2.29. The lowest BCUT2D eigenvalue weighted by Crippen LogP contribution is -2.35. The van der Waals surface area contributed by atoms with Crippen LogP contribution in [-0.2, 0) is 4.79 Å². The van der Waals surface area contributed by atoms with Gasteiger partial charge in [0.15, 0.2) is 0 Å². The number of aliphatic imine (C=N–C) groups is 1. The zero-order chi connectivity index (χ0) is 10.3. The third-order valence-electron chi connectivity index (χ3n) is 3.36. The van der Waals surface area contributed by atoms with Gasteiger partial charge in [0.1, 0.15) is 0 Å². The molecule has 3 nitrogen and oxygen atoms in total. The van der Waals surface area contributed by atoms with Gasteiger partial charge in [-0.3, -0.25) is 9.79 Å².